The van der Waals surface area contributed by atoms with Crippen molar-refractivity contribution in [2.24, 2.45) is 0 Å². The first-order valence-electron chi connectivity index (χ1n) is 7.14. The number of hydrogen-bond donors (Lipinski definition) is 1. The van der Waals surface area contributed by atoms with Crippen LogP contribution in [0.5, 0.6) is 0 Å². The molecule has 7 heteroatoms. The van der Waals surface area contributed by atoms with E-state index in [-0.39, 0.29) is 6.04 Å². The zero-order valence-electron chi connectivity index (χ0n) is 11.4. The van der Waals surface area contributed by atoms with E-state index in [1.54, 1.807) is 15.7 Å². The molecule has 3 rings (SSSR count). The lowest BCUT2D eigenvalue weighted by molar-refractivity contribution is 0.0692. The quantitative estimate of drug-likeness (QED) is 0.780. The number of nitrogens with one attached hydrogen (secondary N) is 1. The second-order valence-electron chi connectivity index (χ2n) is 5.80. The smallest absolute Gasteiger partial charge is 0.282 e. The van der Waals surface area contributed by atoms with Crippen molar-refractivity contribution in [3.63, 3.8) is 0 Å². The van der Waals surface area contributed by atoms with Gasteiger partial charge >= 0.3 is 0 Å². The molecule has 0 saturated carbocycles. The highest BCUT2D eigenvalue weighted by Gasteiger charge is 2.40. The summed E-state index contributed by atoms with van der Waals surface area (Å²) in [6.45, 7) is 1.96. The van der Waals surface area contributed by atoms with Crippen molar-refractivity contribution in [1.29, 1.82) is 0 Å². The van der Waals surface area contributed by atoms with E-state index in [0.717, 1.165) is 12.8 Å². The fraction of sp³-hybridized carbons (Fsp3) is 1.00. The van der Waals surface area contributed by atoms with Crippen LogP contribution < -0.4 is 5.32 Å². The van der Waals surface area contributed by atoms with Crippen molar-refractivity contribution >= 4 is 10.2 Å². The molecule has 3 heterocycles. The summed E-state index contributed by atoms with van der Waals surface area (Å²) in [5.41, 5.74) is 0. The van der Waals surface area contributed by atoms with Crippen LogP contribution >= 0.6 is 0 Å². The van der Waals surface area contributed by atoms with E-state index in [2.05, 4.69) is 5.32 Å². The first kappa shape index (κ1) is 13.8. The van der Waals surface area contributed by atoms with Crippen molar-refractivity contribution in [3.05, 3.63) is 0 Å². The molecule has 3 aliphatic heterocycles. The van der Waals surface area contributed by atoms with E-state index in [1.165, 1.54) is 12.8 Å². The minimum Gasteiger partial charge on any atom is -0.379 e. The summed E-state index contributed by atoms with van der Waals surface area (Å²) in [5.74, 6) is 0. The Bertz CT molecular complexity index is 410. The van der Waals surface area contributed by atoms with Crippen LogP contribution in [0.4, 0.5) is 0 Å². The highest BCUT2D eigenvalue weighted by Crippen LogP contribution is 2.30. The van der Waals surface area contributed by atoms with Crippen LogP contribution in [0, 0.1) is 0 Å². The summed E-state index contributed by atoms with van der Waals surface area (Å²) in [7, 11) is -1.59. The Morgan fingerprint density at radius 3 is 2.32 bits per heavy atom. The van der Waals surface area contributed by atoms with Crippen LogP contribution in [0.1, 0.15) is 25.7 Å². The molecule has 3 saturated heterocycles. The van der Waals surface area contributed by atoms with Gasteiger partial charge in [0.2, 0.25) is 0 Å². The van der Waals surface area contributed by atoms with Gasteiger partial charge in [0.15, 0.2) is 0 Å². The first-order chi connectivity index (χ1) is 9.07. The number of piperidine rings is 1. The maximum absolute atomic E-state index is 12.6. The second kappa shape index (κ2) is 5.29. The lowest BCUT2D eigenvalue weighted by atomic mass is 10.0. The van der Waals surface area contributed by atoms with Gasteiger partial charge in [0.25, 0.3) is 10.2 Å². The molecule has 0 aromatic carbocycles. The molecule has 110 valence electrons. The first-order valence-corrected chi connectivity index (χ1v) is 8.54. The van der Waals surface area contributed by atoms with Crippen LogP contribution in [-0.2, 0) is 14.9 Å². The molecular weight excluding hydrogens is 266 g/mol. The van der Waals surface area contributed by atoms with Crippen molar-refractivity contribution in [1.82, 2.24) is 13.9 Å². The molecule has 2 bridgehead atoms. The Kier molecular flexibility index (Phi) is 3.83. The Morgan fingerprint density at radius 2 is 1.74 bits per heavy atom. The fourth-order valence-corrected chi connectivity index (χ4v) is 5.00. The molecule has 1 N–H and O–H groups in total. The van der Waals surface area contributed by atoms with Gasteiger partial charge in [0.1, 0.15) is 0 Å². The zero-order valence-corrected chi connectivity index (χ0v) is 12.2. The van der Waals surface area contributed by atoms with Crippen LogP contribution in [0.15, 0.2) is 0 Å². The molecule has 0 aromatic rings. The largest absolute Gasteiger partial charge is 0.379 e. The van der Waals surface area contributed by atoms with Gasteiger partial charge in [-0.25, -0.2) is 0 Å². The van der Waals surface area contributed by atoms with E-state index in [0.29, 0.717) is 38.4 Å². The van der Waals surface area contributed by atoms with Crippen molar-refractivity contribution in [2.75, 3.05) is 33.4 Å². The van der Waals surface area contributed by atoms with E-state index in [9.17, 15) is 8.42 Å². The predicted octanol–water partition coefficient (Wildman–Crippen LogP) is -0.222. The van der Waals surface area contributed by atoms with Gasteiger partial charge in [-0.2, -0.15) is 17.0 Å². The Balaban J connectivity index is 1.69. The van der Waals surface area contributed by atoms with Gasteiger partial charge in [-0.05, 0) is 25.7 Å². The summed E-state index contributed by atoms with van der Waals surface area (Å²) in [4.78, 5) is 0. The van der Waals surface area contributed by atoms with Crippen LogP contribution in [-0.4, -0.2) is 68.5 Å². The van der Waals surface area contributed by atoms with E-state index >= 15 is 0 Å². The Hall–Kier alpha value is -0.210. The number of fused-ring (bicyclic) bond motifs is 2. The molecule has 0 radical (unpaired) electrons. The third-order valence-electron chi connectivity index (χ3n) is 4.62. The molecule has 0 aromatic heterocycles. The Morgan fingerprint density at radius 1 is 1.16 bits per heavy atom. The average Bonchev–Trinajstić information content (AvgIpc) is 2.77. The molecule has 0 spiro atoms. The maximum atomic E-state index is 12.6. The van der Waals surface area contributed by atoms with Gasteiger partial charge in [-0.15, -0.1) is 0 Å². The summed E-state index contributed by atoms with van der Waals surface area (Å²) < 4.78 is 33.6. The molecule has 2 atom stereocenters. The van der Waals surface area contributed by atoms with Gasteiger partial charge in [0, 0.05) is 38.3 Å². The average molecular weight is 289 g/mol. The topological polar surface area (TPSA) is 61.9 Å². The third-order valence-corrected chi connectivity index (χ3v) is 6.67. The second-order valence-corrected chi connectivity index (χ2v) is 7.79. The molecule has 3 fully saturated rings. The summed E-state index contributed by atoms with van der Waals surface area (Å²) >= 11 is 0. The minimum absolute atomic E-state index is 0.145. The predicted molar refractivity (Wildman–Crippen MR) is 72.0 cm³/mol. The number of nitrogens with zero attached hydrogens (tertiary/aromatic N) is 2. The van der Waals surface area contributed by atoms with Gasteiger partial charge in [0.05, 0.1) is 13.2 Å². The highest BCUT2D eigenvalue weighted by molar-refractivity contribution is 7.86. The lowest BCUT2D eigenvalue weighted by Crippen LogP contribution is -2.54. The number of morpholine rings is 1. The number of hydrogen-bond acceptors (Lipinski definition) is 4. The Labute approximate surface area is 115 Å². The highest BCUT2D eigenvalue weighted by atomic mass is 32.2. The molecule has 0 aliphatic carbocycles. The molecule has 3 aliphatic rings. The van der Waals surface area contributed by atoms with Crippen LogP contribution in [0.25, 0.3) is 0 Å². The summed E-state index contributed by atoms with van der Waals surface area (Å²) in [5, 5.41) is 3.55. The van der Waals surface area contributed by atoms with Crippen LogP contribution in [0.2, 0.25) is 0 Å². The van der Waals surface area contributed by atoms with Crippen LogP contribution in [0.3, 0.4) is 0 Å². The van der Waals surface area contributed by atoms with Crippen molar-refractivity contribution < 1.29 is 13.2 Å². The van der Waals surface area contributed by atoms with E-state index in [4.69, 9.17) is 4.74 Å². The van der Waals surface area contributed by atoms with Crippen molar-refractivity contribution in [2.45, 2.75) is 43.8 Å². The molecule has 2 unspecified atom stereocenters. The van der Waals surface area contributed by atoms with E-state index < -0.39 is 10.2 Å². The van der Waals surface area contributed by atoms with Gasteiger partial charge in [-0.1, -0.05) is 0 Å². The summed E-state index contributed by atoms with van der Waals surface area (Å²) in [6.07, 6.45) is 4.26. The zero-order chi connectivity index (χ0) is 13.5. The SMILES string of the molecule is CN(C1CC2CCC(C1)N2)S(=O)(=O)N1CCOCC1. The molecule has 6 nitrogen and oxygen atoms in total. The van der Waals surface area contributed by atoms with E-state index in [1.807, 2.05) is 0 Å². The number of rotatable bonds is 3. The molecule has 0 amide bonds. The molecular formula is C12H23N3O3S. The fourth-order valence-electron chi connectivity index (χ4n) is 3.47. The third kappa shape index (κ3) is 2.67. The monoisotopic (exact) mass is 289 g/mol. The van der Waals surface area contributed by atoms with Gasteiger partial charge < -0.3 is 10.1 Å². The van der Waals surface area contributed by atoms with Crippen molar-refractivity contribution in [3.8, 4) is 0 Å². The minimum atomic E-state index is -3.32. The standard InChI is InChI=1S/C12H23N3O3S/c1-14(12-8-10-2-3-11(9-12)13-10)19(16,17)15-4-6-18-7-5-15/h10-13H,2-9H2,1H3. The lowest BCUT2D eigenvalue weighted by Gasteiger charge is -2.38. The van der Waals surface area contributed by atoms with Gasteiger partial charge in [-0.3, -0.25) is 0 Å². The maximum Gasteiger partial charge on any atom is 0.282 e. The normalized spacial score (nSPS) is 36.8. The summed E-state index contributed by atoms with van der Waals surface area (Å²) in [6, 6.07) is 1.16. The molecule has 19 heavy (non-hydrogen) atoms. The number of ether oxygens (including phenoxy) is 1.